The van der Waals surface area contributed by atoms with Crippen LogP contribution in [0.5, 0.6) is 0 Å². The number of hydrogen-bond acceptors (Lipinski definition) is 7. The number of carboxylic acids is 1. The van der Waals surface area contributed by atoms with E-state index in [2.05, 4.69) is 5.32 Å². The van der Waals surface area contributed by atoms with E-state index < -0.39 is 30.1 Å². The molecule has 2 aliphatic heterocycles. The molecule has 32 heavy (non-hydrogen) atoms. The van der Waals surface area contributed by atoms with Gasteiger partial charge in [-0.05, 0) is 38.7 Å². The molecule has 2 saturated heterocycles. The highest BCUT2D eigenvalue weighted by molar-refractivity contribution is 8.21. The Morgan fingerprint density at radius 1 is 1.25 bits per heavy atom. The van der Waals surface area contributed by atoms with Gasteiger partial charge in [0.05, 0.1) is 16.7 Å². The van der Waals surface area contributed by atoms with Crippen LogP contribution >= 0.6 is 23.5 Å². The van der Waals surface area contributed by atoms with Crippen LogP contribution < -0.4 is 5.32 Å². The molecule has 1 aromatic rings. The maximum atomic E-state index is 13.2. The van der Waals surface area contributed by atoms with Crippen molar-refractivity contribution in [3.8, 4) is 0 Å². The summed E-state index contributed by atoms with van der Waals surface area (Å²) in [5.74, 6) is 0.393. The van der Waals surface area contributed by atoms with Crippen molar-refractivity contribution in [2.75, 3.05) is 24.7 Å². The monoisotopic (exact) mass is 480 g/mol. The van der Waals surface area contributed by atoms with Crippen molar-refractivity contribution in [1.82, 2.24) is 10.2 Å². The zero-order chi connectivity index (χ0) is 23.1. The maximum Gasteiger partial charge on any atom is 0.326 e. The number of nitrogens with one attached hydrogen (secondary N) is 1. The second-order valence-corrected chi connectivity index (χ2v) is 11.4. The van der Waals surface area contributed by atoms with Crippen molar-refractivity contribution in [2.24, 2.45) is 0 Å². The number of carbonyl (C=O) groups is 3. The Morgan fingerprint density at radius 2 is 1.94 bits per heavy atom. The number of rotatable bonds is 9. The lowest BCUT2D eigenvalue weighted by atomic mass is 9.99. The van der Waals surface area contributed by atoms with Crippen molar-refractivity contribution in [3.63, 3.8) is 0 Å². The summed E-state index contributed by atoms with van der Waals surface area (Å²) in [4.78, 5) is 39.2. The number of piperidine rings is 1. The van der Waals surface area contributed by atoms with Gasteiger partial charge >= 0.3 is 11.9 Å². The van der Waals surface area contributed by atoms with Crippen LogP contribution in [0, 0.1) is 0 Å². The van der Waals surface area contributed by atoms with E-state index in [4.69, 9.17) is 4.74 Å². The number of amides is 1. The van der Waals surface area contributed by atoms with Crippen LogP contribution in [0.3, 0.4) is 0 Å². The molecule has 2 unspecified atom stereocenters. The Balaban J connectivity index is 1.65. The van der Waals surface area contributed by atoms with Crippen LogP contribution in [0.15, 0.2) is 30.3 Å². The third kappa shape index (κ3) is 6.20. The summed E-state index contributed by atoms with van der Waals surface area (Å²) in [6, 6.07) is 7.65. The molecule has 0 aliphatic carbocycles. The molecule has 1 amide bonds. The normalized spacial score (nSPS) is 21.8. The highest BCUT2D eigenvalue weighted by Crippen LogP contribution is 2.52. The number of likely N-dealkylation sites (tertiary alicyclic amines) is 1. The molecule has 2 fully saturated rings. The van der Waals surface area contributed by atoms with Gasteiger partial charge in [0.25, 0.3) is 0 Å². The largest absolute Gasteiger partial charge is 0.480 e. The van der Waals surface area contributed by atoms with Gasteiger partial charge in [0.15, 0.2) is 0 Å². The Hall–Kier alpha value is -1.71. The number of hydrogen-bond donors (Lipinski definition) is 2. The summed E-state index contributed by atoms with van der Waals surface area (Å²) in [7, 11) is 0. The molecule has 1 aromatic carbocycles. The first-order valence-corrected chi connectivity index (χ1v) is 13.1. The van der Waals surface area contributed by atoms with Crippen LogP contribution in [-0.4, -0.2) is 74.7 Å². The Kier molecular flexibility index (Phi) is 8.90. The van der Waals surface area contributed by atoms with Gasteiger partial charge < -0.3 is 14.7 Å². The van der Waals surface area contributed by atoms with Gasteiger partial charge in [0, 0.05) is 24.5 Å². The smallest absolute Gasteiger partial charge is 0.326 e. The van der Waals surface area contributed by atoms with E-state index in [9.17, 15) is 19.5 Å². The number of esters is 1. The van der Waals surface area contributed by atoms with E-state index in [-0.39, 0.29) is 16.6 Å². The first-order valence-electron chi connectivity index (χ1n) is 11.1. The van der Waals surface area contributed by atoms with Crippen molar-refractivity contribution < 1.29 is 24.2 Å². The van der Waals surface area contributed by atoms with E-state index in [1.807, 2.05) is 53.9 Å². The first-order chi connectivity index (χ1) is 15.3. The van der Waals surface area contributed by atoms with Crippen LogP contribution in [0.2, 0.25) is 0 Å². The third-order valence-electron chi connectivity index (χ3n) is 5.95. The molecular weight excluding hydrogens is 448 g/mol. The molecule has 2 heterocycles. The molecule has 2 aliphatic rings. The number of aryl methyl sites for hydroxylation is 1. The van der Waals surface area contributed by atoms with E-state index in [1.165, 1.54) is 4.90 Å². The van der Waals surface area contributed by atoms with E-state index >= 15 is 0 Å². The second-order valence-electron chi connectivity index (χ2n) is 8.16. The van der Waals surface area contributed by atoms with Gasteiger partial charge in [-0.2, -0.15) is 0 Å². The standard InChI is InChI=1S/C23H32N2O5S2/c1-3-30-22(29)18(10-9-17-7-5-4-6-8-17)24-16(2)20(26)25-12-11-23(31-13-14-32-23)15-19(25)21(27)28/h4-8,16,18-19,24H,3,9-15H2,1-2H3,(H,27,28)/t16-,18?,19?/m0/s1. The zero-order valence-electron chi connectivity index (χ0n) is 18.6. The lowest BCUT2D eigenvalue weighted by molar-refractivity contribution is -0.153. The fraction of sp³-hybridized carbons (Fsp3) is 0.609. The fourth-order valence-electron chi connectivity index (χ4n) is 4.29. The minimum Gasteiger partial charge on any atom is -0.480 e. The molecule has 3 rings (SSSR count). The number of ether oxygens (including phenoxy) is 1. The molecule has 9 heteroatoms. The molecule has 0 saturated carbocycles. The molecular formula is C23H32N2O5S2. The summed E-state index contributed by atoms with van der Waals surface area (Å²) in [5, 5.41) is 12.9. The van der Waals surface area contributed by atoms with Gasteiger partial charge in [-0.1, -0.05) is 30.3 Å². The Labute approximate surface area is 198 Å². The average Bonchev–Trinajstić information content (AvgIpc) is 3.24. The second kappa shape index (κ2) is 11.4. The summed E-state index contributed by atoms with van der Waals surface area (Å²) < 4.78 is 5.12. The number of benzene rings is 1. The zero-order valence-corrected chi connectivity index (χ0v) is 20.3. The molecule has 7 nitrogen and oxygen atoms in total. The van der Waals surface area contributed by atoms with Crippen LogP contribution in [0.4, 0.5) is 0 Å². The summed E-state index contributed by atoms with van der Waals surface area (Å²) in [6.45, 7) is 4.12. The van der Waals surface area contributed by atoms with Crippen LogP contribution in [-0.2, 0) is 25.5 Å². The minimum atomic E-state index is -0.969. The van der Waals surface area contributed by atoms with Crippen molar-refractivity contribution in [1.29, 1.82) is 0 Å². The van der Waals surface area contributed by atoms with Gasteiger partial charge in [0.1, 0.15) is 12.1 Å². The van der Waals surface area contributed by atoms with Crippen molar-refractivity contribution >= 4 is 41.4 Å². The maximum absolute atomic E-state index is 13.2. The molecule has 0 aromatic heterocycles. The van der Waals surface area contributed by atoms with Gasteiger partial charge in [-0.25, -0.2) is 4.79 Å². The highest BCUT2D eigenvalue weighted by Gasteiger charge is 2.47. The summed E-state index contributed by atoms with van der Waals surface area (Å²) in [6.07, 6.45) is 2.38. The molecule has 176 valence electrons. The lowest BCUT2D eigenvalue weighted by Gasteiger charge is -2.43. The molecule has 1 spiro atoms. The molecule has 0 radical (unpaired) electrons. The average molecular weight is 481 g/mol. The van der Waals surface area contributed by atoms with Crippen molar-refractivity contribution in [2.45, 2.75) is 61.7 Å². The third-order valence-corrected chi connectivity index (χ3v) is 9.53. The number of thioether (sulfide) groups is 2. The topological polar surface area (TPSA) is 95.9 Å². The Morgan fingerprint density at radius 3 is 2.56 bits per heavy atom. The summed E-state index contributed by atoms with van der Waals surface area (Å²) >= 11 is 3.64. The van der Waals surface area contributed by atoms with E-state index in [0.29, 0.717) is 25.8 Å². The SMILES string of the molecule is CCOC(=O)C(CCc1ccccc1)N[C@@H](C)C(=O)N1CCC2(CC1C(=O)O)SCCS2. The first kappa shape index (κ1) is 24.9. The number of carbonyl (C=O) groups excluding carboxylic acids is 2. The number of carboxylic acid groups (broad SMARTS) is 1. The molecule has 2 N–H and O–H groups in total. The number of nitrogens with zero attached hydrogens (tertiary/aromatic N) is 1. The van der Waals surface area contributed by atoms with Crippen LogP contribution in [0.1, 0.15) is 38.7 Å². The predicted octanol–water partition coefficient (Wildman–Crippen LogP) is 2.78. The molecule has 0 bridgehead atoms. The minimum absolute atomic E-state index is 0.0976. The van der Waals surface area contributed by atoms with Gasteiger partial charge in [0.2, 0.25) is 5.91 Å². The van der Waals surface area contributed by atoms with Gasteiger partial charge in [-0.15, -0.1) is 23.5 Å². The van der Waals surface area contributed by atoms with E-state index in [0.717, 1.165) is 23.5 Å². The highest BCUT2D eigenvalue weighted by atomic mass is 32.2. The lowest BCUT2D eigenvalue weighted by Crippen LogP contribution is -2.59. The predicted molar refractivity (Wildman–Crippen MR) is 128 cm³/mol. The van der Waals surface area contributed by atoms with Gasteiger partial charge in [-0.3, -0.25) is 14.9 Å². The number of aliphatic carboxylic acids is 1. The van der Waals surface area contributed by atoms with E-state index in [1.54, 1.807) is 13.8 Å². The summed E-state index contributed by atoms with van der Waals surface area (Å²) in [5.41, 5.74) is 1.10. The molecule has 3 atom stereocenters. The Bertz CT molecular complexity index is 801. The van der Waals surface area contributed by atoms with Crippen molar-refractivity contribution in [3.05, 3.63) is 35.9 Å². The van der Waals surface area contributed by atoms with Crippen LogP contribution in [0.25, 0.3) is 0 Å². The fourth-order valence-corrected chi connectivity index (χ4v) is 7.55. The quantitative estimate of drug-likeness (QED) is 0.521.